The molecule has 96 valence electrons. The number of nitrogens with two attached hydrogens (primary N) is 1. The minimum absolute atomic E-state index is 0.0555. The summed E-state index contributed by atoms with van der Waals surface area (Å²) < 4.78 is 1.88. The molecule has 1 atom stereocenters. The van der Waals surface area contributed by atoms with E-state index in [1.165, 1.54) is 0 Å². The third kappa shape index (κ3) is 1.89. The van der Waals surface area contributed by atoms with Gasteiger partial charge in [-0.3, -0.25) is 14.9 Å². The van der Waals surface area contributed by atoms with Gasteiger partial charge in [-0.2, -0.15) is 9.67 Å². The van der Waals surface area contributed by atoms with Crippen LogP contribution in [0.15, 0.2) is 28.7 Å². The zero-order valence-corrected chi connectivity index (χ0v) is 11.1. The quantitative estimate of drug-likeness (QED) is 0.763. The molecule has 0 aliphatic carbocycles. The lowest BCUT2D eigenvalue weighted by molar-refractivity contribution is -0.117. The zero-order valence-electron chi connectivity index (χ0n) is 9.50. The number of fused-ring (bicyclic) bond motifs is 1. The molecule has 1 aliphatic rings. The summed E-state index contributed by atoms with van der Waals surface area (Å²) in [5.41, 5.74) is 6.01. The Labute approximate surface area is 115 Å². The number of nitrogen functional groups attached to an aromatic ring is 1. The SMILES string of the molecule is Nc1nc2n(n1)C(=O)C(c1ccc(Br)cc1)C(=O)N2. The van der Waals surface area contributed by atoms with Crippen molar-refractivity contribution >= 4 is 39.6 Å². The van der Waals surface area contributed by atoms with Crippen molar-refractivity contribution in [2.45, 2.75) is 5.92 Å². The number of nitrogens with zero attached hydrogens (tertiary/aromatic N) is 3. The van der Waals surface area contributed by atoms with Crippen LogP contribution in [0.4, 0.5) is 11.9 Å². The predicted molar refractivity (Wildman–Crippen MR) is 70.6 cm³/mol. The van der Waals surface area contributed by atoms with Gasteiger partial charge in [0.15, 0.2) is 0 Å². The van der Waals surface area contributed by atoms with Crippen LogP contribution < -0.4 is 11.1 Å². The summed E-state index contributed by atoms with van der Waals surface area (Å²) in [5, 5.41) is 6.28. The fraction of sp³-hybridized carbons (Fsp3) is 0.0909. The summed E-state index contributed by atoms with van der Waals surface area (Å²) >= 11 is 3.30. The monoisotopic (exact) mass is 321 g/mol. The summed E-state index contributed by atoms with van der Waals surface area (Å²) in [6, 6.07) is 6.94. The van der Waals surface area contributed by atoms with Crippen molar-refractivity contribution in [3.63, 3.8) is 0 Å². The Hall–Kier alpha value is -2.22. The molecule has 1 aliphatic heterocycles. The Kier molecular flexibility index (Phi) is 2.59. The highest BCUT2D eigenvalue weighted by atomic mass is 79.9. The van der Waals surface area contributed by atoms with E-state index in [-0.39, 0.29) is 11.9 Å². The summed E-state index contributed by atoms with van der Waals surface area (Å²) in [5.74, 6) is -1.85. The Morgan fingerprint density at radius 3 is 2.63 bits per heavy atom. The smallest absolute Gasteiger partial charge is 0.267 e. The number of hydrogen-bond donors (Lipinski definition) is 2. The van der Waals surface area contributed by atoms with Crippen molar-refractivity contribution in [2.24, 2.45) is 0 Å². The van der Waals surface area contributed by atoms with Gasteiger partial charge in [0.2, 0.25) is 17.8 Å². The number of benzene rings is 1. The van der Waals surface area contributed by atoms with E-state index < -0.39 is 17.7 Å². The van der Waals surface area contributed by atoms with Crippen LogP contribution in [0.3, 0.4) is 0 Å². The highest BCUT2D eigenvalue weighted by Crippen LogP contribution is 2.26. The van der Waals surface area contributed by atoms with Crippen molar-refractivity contribution in [3.8, 4) is 0 Å². The van der Waals surface area contributed by atoms with Gasteiger partial charge < -0.3 is 5.73 Å². The second kappa shape index (κ2) is 4.16. The second-order valence-corrected chi connectivity index (χ2v) is 4.93. The number of carbonyl (C=O) groups is 2. The van der Waals surface area contributed by atoms with Gasteiger partial charge in [-0.1, -0.05) is 28.1 Å². The lowest BCUT2D eigenvalue weighted by Gasteiger charge is -2.20. The van der Waals surface area contributed by atoms with E-state index in [0.717, 1.165) is 9.15 Å². The highest BCUT2D eigenvalue weighted by molar-refractivity contribution is 9.10. The van der Waals surface area contributed by atoms with Crippen LogP contribution in [0.5, 0.6) is 0 Å². The number of carbonyl (C=O) groups excluding carboxylic acids is 2. The molecule has 0 fully saturated rings. The third-order valence-electron chi connectivity index (χ3n) is 2.78. The van der Waals surface area contributed by atoms with Gasteiger partial charge in [0.1, 0.15) is 5.92 Å². The molecule has 0 saturated carbocycles. The van der Waals surface area contributed by atoms with Crippen molar-refractivity contribution in [3.05, 3.63) is 34.3 Å². The molecule has 0 spiro atoms. The molecule has 2 aromatic rings. The molecule has 1 aromatic heterocycles. The molecule has 0 saturated heterocycles. The first-order valence-electron chi connectivity index (χ1n) is 5.39. The molecule has 1 aromatic carbocycles. The van der Waals surface area contributed by atoms with E-state index in [1.807, 2.05) is 0 Å². The van der Waals surface area contributed by atoms with E-state index in [1.54, 1.807) is 24.3 Å². The normalized spacial score (nSPS) is 18.1. The van der Waals surface area contributed by atoms with Crippen molar-refractivity contribution in [1.82, 2.24) is 14.8 Å². The molecule has 1 amide bonds. The van der Waals surface area contributed by atoms with Gasteiger partial charge >= 0.3 is 0 Å². The van der Waals surface area contributed by atoms with Crippen LogP contribution in [0, 0.1) is 0 Å². The minimum Gasteiger partial charge on any atom is -0.366 e. The van der Waals surface area contributed by atoms with Crippen molar-refractivity contribution in [1.29, 1.82) is 0 Å². The first-order valence-corrected chi connectivity index (χ1v) is 6.18. The van der Waals surface area contributed by atoms with Gasteiger partial charge in [-0.15, -0.1) is 5.10 Å². The van der Waals surface area contributed by atoms with Crippen LogP contribution in [0.1, 0.15) is 16.3 Å². The fourth-order valence-electron chi connectivity index (χ4n) is 1.93. The van der Waals surface area contributed by atoms with E-state index in [4.69, 9.17) is 5.73 Å². The molecule has 19 heavy (non-hydrogen) atoms. The summed E-state index contributed by atoms with van der Waals surface area (Å²) in [4.78, 5) is 28.0. The molecule has 1 unspecified atom stereocenters. The molecule has 3 rings (SSSR count). The first-order chi connectivity index (χ1) is 9.06. The first kappa shape index (κ1) is 11.8. The Balaban J connectivity index is 2.06. The predicted octanol–water partition coefficient (Wildman–Crippen LogP) is 0.999. The highest BCUT2D eigenvalue weighted by Gasteiger charge is 2.37. The second-order valence-electron chi connectivity index (χ2n) is 4.02. The minimum atomic E-state index is -0.943. The number of anilines is 2. The third-order valence-corrected chi connectivity index (χ3v) is 3.31. The van der Waals surface area contributed by atoms with E-state index in [9.17, 15) is 9.59 Å². The number of nitrogens with one attached hydrogen (secondary N) is 1. The van der Waals surface area contributed by atoms with Crippen LogP contribution in [0.25, 0.3) is 0 Å². The molecule has 2 heterocycles. The largest absolute Gasteiger partial charge is 0.366 e. The van der Waals surface area contributed by atoms with Crippen LogP contribution in [-0.2, 0) is 4.79 Å². The maximum atomic E-state index is 12.3. The van der Waals surface area contributed by atoms with Gasteiger partial charge in [0, 0.05) is 4.47 Å². The molecule has 3 N–H and O–H groups in total. The average Bonchev–Trinajstić information content (AvgIpc) is 2.72. The van der Waals surface area contributed by atoms with Gasteiger partial charge in [0.25, 0.3) is 5.91 Å². The van der Waals surface area contributed by atoms with Gasteiger partial charge in [-0.05, 0) is 17.7 Å². The number of halogens is 1. The van der Waals surface area contributed by atoms with E-state index in [0.29, 0.717) is 5.56 Å². The lowest BCUT2D eigenvalue weighted by Crippen LogP contribution is -2.38. The van der Waals surface area contributed by atoms with Crippen LogP contribution in [-0.4, -0.2) is 26.6 Å². The average molecular weight is 322 g/mol. The molecule has 7 nitrogen and oxygen atoms in total. The standard InChI is InChI=1S/C11H8BrN5O2/c12-6-3-1-5(2-4-6)7-8(18)14-11-15-10(13)16-17(11)9(7)19/h1-4,7H,(H3,13,14,15,16,18). The van der Waals surface area contributed by atoms with E-state index in [2.05, 4.69) is 31.3 Å². The van der Waals surface area contributed by atoms with E-state index >= 15 is 0 Å². The molecule has 0 bridgehead atoms. The van der Waals surface area contributed by atoms with Crippen LogP contribution >= 0.6 is 15.9 Å². The van der Waals surface area contributed by atoms with Crippen molar-refractivity contribution in [2.75, 3.05) is 11.1 Å². The number of rotatable bonds is 1. The van der Waals surface area contributed by atoms with Crippen molar-refractivity contribution < 1.29 is 9.59 Å². The van der Waals surface area contributed by atoms with Crippen LogP contribution in [0.2, 0.25) is 0 Å². The summed E-state index contributed by atoms with van der Waals surface area (Å²) in [6.07, 6.45) is 0. The lowest BCUT2D eigenvalue weighted by atomic mass is 9.96. The summed E-state index contributed by atoms with van der Waals surface area (Å²) in [6.45, 7) is 0. The Morgan fingerprint density at radius 2 is 1.95 bits per heavy atom. The number of aromatic nitrogens is 3. The number of amides is 1. The molecular weight excluding hydrogens is 314 g/mol. The maximum Gasteiger partial charge on any atom is 0.267 e. The zero-order chi connectivity index (χ0) is 13.6. The Morgan fingerprint density at radius 1 is 1.26 bits per heavy atom. The van der Waals surface area contributed by atoms with Gasteiger partial charge in [-0.25, -0.2) is 0 Å². The Bertz CT molecular complexity index is 679. The molecular formula is C11H8BrN5O2. The summed E-state index contributed by atoms with van der Waals surface area (Å²) in [7, 11) is 0. The molecule has 8 heteroatoms. The number of hydrogen-bond acceptors (Lipinski definition) is 5. The maximum absolute atomic E-state index is 12.3. The fourth-order valence-corrected chi connectivity index (χ4v) is 2.19. The van der Waals surface area contributed by atoms with Gasteiger partial charge in [0.05, 0.1) is 0 Å². The topological polar surface area (TPSA) is 103 Å². The molecule has 0 radical (unpaired) electrons.